The van der Waals surface area contributed by atoms with E-state index >= 15 is 4.39 Å². The van der Waals surface area contributed by atoms with Gasteiger partial charge in [-0.25, -0.2) is 45.8 Å². The van der Waals surface area contributed by atoms with Crippen molar-refractivity contribution < 1.29 is 126 Å². The summed E-state index contributed by atoms with van der Waals surface area (Å²) in [6.07, 6.45) is -1.52. The molecule has 10 amide bonds. The molecule has 1 saturated heterocycles. The summed E-state index contributed by atoms with van der Waals surface area (Å²) in [5.74, 6) is -9.77. The summed E-state index contributed by atoms with van der Waals surface area (Å²) in [5.41, 5.74) is 2.10. The van der Waals surface area contributed by atoms with Crippen molar-refractivity contribution in [1.29, 1.82) is 0 Å². The third-order valence-electron chi connectivity index (χ3n) is 17.8. The Morgan fingerprint density at radius 1 is 0.724 bits per heavy atom. The Hall–Kier alpha value is -11.9. The fraction of sp³-hybridized carbons (Fsp3) is 0.450. The number of amides is 10. The summed E-state index contributed by atoms with van der Waals surface area (Å²) in [4.78, 5) is 138. The number of alkyl halides is 3. The Balaban J connectivity index is 0.00000284. The minimum absolute atomic E-state index is 0.0384. The zero-order valence-corrected chi connectivity index (χ0v) is 70.3. The first-order valence-electron chi connectivity index (χ1n) is 39.1. The lowest BCUT2D eigenvalue weighted by Crippen LogP contribution is -2.56. The van der Waals surface area contributed by atoms with Crippen molar-refractivity contribution in [2.24, 2.45) is 10.3 Å². The molecule has 11 N–H and O–H groups in total. The molecule has 0 unspecified atom stereocenters. The highest BCUT2D eigenvalue weighted by Crippen LogP contribution is 2.34. The zero-order chi connectivity index (χ0) is 90.0. The van der Waals surface area contributed by atoms with E-state index in [0.717, 1.165) is 12.3 Å². The van der Waals surface area contributed by atoms with Gasteiger partial charge in [-0.3, -0.25) is 33.5 Å². The van der Waals surface area contributed by atoms with Crippen LogP contribution < -0.4 is 67.2 Å². The van der Waals surface area contributed by atoms with Crippen LogP contribution in [0.3, 0.4) is 0 Å². The van der Waals surface area contributed by atoms with Gasteiger partial charge in [0.15, 0.2) is 5.82 Å². The average molecular weight is 1770 g/mol. The number of esters is 1. The van der Waals surface area contributed by atoms with Gasteiger partial charge in [-0.2, -0.15) is 17.5 Å². The molecule has 43 heteroatoms. The van der Waals surface area contributed by atoms with Crippen molar-refractivity contribution in [2.45, 2.75) is 120 Å². The number of carbonyl (C=O) groups is 10. The van der Waals surface area contributed by atoms with E-state index in [4.69, 9.17) is 38.3 Å². The predicted molar refractivity (Wildman–Crippen MR) is 439 cm³/mol. The number of hydrogen-bond donors (Lipinski definition) is 11. The molecule has 4 bridgehead atoms. The Morgan fingerprint density at radius 3 is 2.02 bits per heavy atom. The van der Waals surface area contributed by atoms with Gasteiger partial charge in [0.2, 0.25) is 23.7 Å². The topological polar surface area (TPSA) is 482 Å². The fourth-order valence-electron chi connectivity index (χ4n) is 12.0. The fourth-order valence-corrected chi connectivity index (χ4v) is 14.4. The summed E-state index contributed by atoms with van der Waals surface area (Å²) < 4.78 is 144. The van der Waals surface area contributed by atoms with Gasteiger partial charge in [-0.05, 0) is 128 Å². The number of carbonyl (C=O) groups excluding carboxylic acids is 9. The van der Waals surface area contributed by atoms with Crippen molar-refractivity contribution in [2.75, 3.05) is 139 Å². The van der Waals surface area contributed by atoms with Crippen LogP contribution in [0.4, 0.5) is 70.7 Å². The summed E-state index contributed by atoms with van der Waals surface area (Å²) in [6.45, 7) is 7.51. The monoisotopic (exact) mass is 1770 g/mol. The van der Waals surface area contributed by atoms with Gasteiger partial charge in [0.05, 0.1) is 133 Å². The van der Waals surface area contributed by atoms with Crippen LogP contribution in [0.2, 0.25) is 0 Å². The number of carboxylic acids is 2. The maximum atomic E-state index is 15.3. The van der Waals surface area contributed by atoms with E-state index < -0.39 is 140 Å². The third kappa shape index (κ3) is 34.5. The lowest BCUT2D eigenvalue weighted by Gasteiger charge is -2.30. The number of nitrogens with one attached hydrogen (secondary N) is 10. The maximum Gasteiger partial charge on any atom is 0.430 e. The van der Waals surface area contributed by atoms with E-state index in [0.29, 0.717) is 78.1 Å². The number of ether oxygens (including phenoxy) is 6. The molecular weight excluding hydrogens is 1670 g/mol. The van der Waals surface area contributed by atoms with Gasteiger partial charge in [-0.15, -0.1) is 0 Å². The van der Waals surface area contributed by atoms with Crippen LogP contribution >= 0.6 is 0 Å². The summed E-state index contributed by atoms with van der Waals surface area (Å²) in [7, 11) is -1.66. The summed E-state index contributed by atoms with van der Waals surface area (Å²) in [5, 5.41) is 42.7. The second-order valence-corrected chi connectivity index (χ2v) is 33.6. The molecule has 8 rings (SSSR count). The molecule has 5 atom stereocenters. The molecular formula is C80H102F5N15O21S2. The van der Waals surface area contributed by atoms with Gasteiger partial charge in [-0.1, -0.05) is 39.0 Å². The molecule has 0 spiro atoms. The number of hydrogen-bond acceptors (Lipinski definition) is 23. The highest BCUT2D eigenvalue weighted by atomic mass is 32.2. The van der Waals surface area contributed by atoms with Crippen LogP contribution in [0.1, 0.15) is 95.7 Å². The Labute approximate surface area is 707 Å². The molecule has 3 heterocycles. The van der Waals surface area contributed by atoms with Crippen LogP contribution in [-0.2, 0) is 78.0 Å². The minimum Gasteiger partial charge on any atom is -0.542 e. The Kier molecular flexibility index (Phi) is 37.9. The molecule has 36 nitrogen and oxygen atoms in total. The number of anilines is 6. The highest BCUT2D eigenvalue weighted by Gasteiger charge is 2.41. The molecule has 5 aromatic carbocycles. The molecule has 0 aliphatic carbocycles. The summed E-state index contributed by atoms with van der Waals surface area (Å²) >= 11 is 0. The second kappa shape index (κ2) is 47.5. The normalized spacial score (nSPS) is 14.5. The first kappa shape index (κ1) is 98.2. The Morgan fingerprint density at radius 2 is 1.36 bits per heavy atom. The highest BCUT2D eigenvalue weighted by molar-refractivity contribution is 7.93. The van der Waals surface area contributed by atoms with Gasteiger partial charge in [0.25, 0.3) is 15.9 Å². The number of carboxylic acid groups (broad SMARTS) is 2. The molecule has 0 saturated carbocycles. The number of benzene rings is 5. The van der Waals surface area contributed by atoms with Crippen molar-refractivity contribution in [3.8, 4) is 22.8 Å². The zero-order valence-electron chi connectivity index (χ0n) is 68.7. The number of fused-ring (bicyclic) bond motifs is 6. The van der Waals surface area contributed by atoms with Crippen molar-refractivity contribution in [3.63, 3.8) is 0 Å². The van der Waals surface area contributed by atoms with Gasteiger partial charge in [0, 0.05) is 84.9 Å². The molecule has 1 aromatic heterocycles. The average Bonchev–Trinajstić information content (AvgIpc) is 1.50. The largest absolute Gasteiger partial charge is 0.542 e. The van der Waals surface area contributed by atoms with Gasteiger partial charge in [0.1, 0.15) is 47.1 Å². The van der Waals surface area contributed by atoms with E-state index in [1.165, 1.54) is 96.1 Å². The molecule has 123 heavy (non-hydrogen) atoms. The SMILES string of the molecule is CCCNC(=O)Nc1cccc(S(=O)(=O)Nc2cccc([C@@H](CC(=O)O)NC(=O)Nc3ccc(NC(=O)NCCOCCOCCOCCC(=O)N[C@@H](CC(=O)OCCC[N+](C)(C)C)C(=O)N4CCC[C@H]4C(=O)N[C@H](C(=O)N=[S@](C)(=O)Cc4cc5cc(c4)OCCCCOc4cc(F)ccc4-c4nc(ncc4F)N5)C(C)C)cc3)c2)c1.O=C([O-])C(F)(F)F. The molecule has 1 fully saturated rings. The number of nitrogens with zero attached hydrogens (tertiary/aromatic N) is 5. The van der Waals surface area contributed by atoms with Crippen LogP contribution in [0, 0.1) is 17.6 Å². The minimum atomic E-state index is -5.19. The lowest BCUT2D eigenvalue weighted by molar-refractivity contribution is -0.870. The van der Waals surface area contributed by atoms with Crippen LogP contribution in [-0.4, -0.2) is 234 Å². The number of rotatable bonds is 38. The predicted octanol–water partition coefficient (Wildman–Crippen LogP) is 7.72. The first-order chi connectivity index (χ1) is 58.2. The van der Waals surface area contributed by atoms with E-state index in [1.54, 1.807) is 32.0 Å². The number of aromatic nitrogens is 2. The standard InChI is InChI=1S/C78H101F2N15O19S2.C2HF3O2/c1-8-27-81-76(103)87-56-16-12-18-60(45-56)116(107,108)92-57-17-11-15-52(42-57)63(46-68(97)98)89-78(105)86-55-23-21-54(22-24-55)85-77(104)82-28-35-110-37-39-111-38-36-109-34-26-67(96)88-64(47-69(99)114-33-14-30-95(4,5)6)74(102)94-29-13-19-65(94)72(100)90-70(50(2)3)73(101)93-115(7,106)49-51-40-58-44-59(41-51)112-31-9-10-32-113-66-43-53(79)20-25-61(66)71-62(80)48-83-75(84-58)91-71;3-2(4,5)1(6)7/h11-12,15-18,20-25,40-45,48,50,63-65,70,92H,8-10,13-14,19,26-39,46-47,49H2,1-7H3,(H9-,81,82,83,84,85,86,87,88,89,90,91,96,97,98,100,103,104,105);(H,6,7)/t63-,64+,65+,70+,115-;/m1./s1. The molecule has 2 aliphatic heterocycles. The number of halogens is 5. The number of urea groups is 3. The van der Waals surface area contributed by atoms with Crippen LogP contribution in [0.25, 0.3) is 11.3 Å². The number of sulfonamides is 1. The van der Waals surface area contributed by atoms with Crippen molar-refractivity contribution in [3.05, 3.63) is 138 Å². The number of likely N-dealkylation sites (tertiary alicyclic amines) is 1. The summed E-state index contributed by atoms with van der Waals surface area (Å²) in [6, 6.07) is 19.3. The van der Waals surface area contributed by atoms with E-state index in [1.807, 2.05) is 28.1 Å². The van der Waals surface area contributed by atoms with Gasteiger partial charge < -0.3 is 101 Å². The maximum absolute atomic E-state index is 15.3. The van der Waals surface area contributed by atoms with E-state index in [-0.39, 0.29) is 136 Å². The van der Waals surface area contributed by atoms with Gasteiger partial charge >= 0.3 is 36.2 Å². The number of aliphatic carboxylic acids is 2. The smallest absolute Gasteiger partial charge is 0.430 e. The van der Waals surface area contributed by atoms with E-state index in [9.17, 15) is 78.4 Å². The quantitative estimate of drug-likeness (QED) is 0.00764. The van der Waals surface area contributed by atoms with Crippen molar-refractivity contribution in [1.82, 2.24) is 41.5 Å². The molecule has 6 aromatic rings. The Bertz CT molecular complexity index is 4910. The first-order valence-corrected chi connectivity index (χ1v) is 42.6. The number of quaternary nitrogens is 1. The third-order valence-corrected chi connectivity index (χ3v) is 20.6. The van der Waals surface area contributed by atoms with Crippen LogP contribution in [0.15, 0.2) is 125 Å². The molecule has 0 radical (unpaired) electrons. The molecule has 2 aliphatic rings. The second-order valence-electron chi connectivity index (χ2n) is 29.5. The lowest BCUT2D eigenvalue weighted by atomic mass is 10.0. The van der Waals surface area contributed by atoms with Crippen LogP contribution in [0.5, 0.6) is 11.5 Å². The molecule has 670 valence electrons. The van der Waals surface area contributed by atoms with E-state index in [2.05, 4.69) is 66.9 Å². The van der Waals surface area contributed by atoms with Crippen molar-refractivity contribution >= 4 is 114 Å².